The van der Waals surface area contributed by atoms with E-state index < -0.39 is 32.5 Å². The third-order valence-corrected chi connectivity index (χ3v) is 4.02. The van der Waals surface area contributed by atoms with Crippen molar-refractivity contribution in [1.29, 1.82) is 0 Å². The molecule has 0 radical (unpaired) electrons. The molecule has 2 N–H and O–H groups in total. The molecule has 0 aliphatic carbocycles. The third-order valence-electron chi connectivity index (χ3n) is 2.65. The van der Waals surface area contributed by atoms with Crippen LogP contribution >= 0.6 is 23.2 Å². The Morgan fingerprint density at radius 2 is 1.79 bits per heavy atom. The van der Waals surface area contributed by atoms with Gasteiger partial charge in [-0.1, -0.05) is 29.3 Å². The Labute approximate surface area is 147 Å². The van der Waals surface area contributed by atoms with Crippen LogP contribution in [0.2, 0.25) is 10.0 Å². The van der Waals surface area contributed by atoms with Gasteiger partial charge in [-0.05, 0) is 18.2 Å². The van der Waals surface area contributed by atoms with Gasteiger partial charge in [0.05, 0.1) is 11.2 Å². The van der Waals surface area contributed by atoms with Crippen LogP contribution in [0.4, 0.5) is 0 Å². The normalized spacial score (nSPS) is 11.0. The van der Waals surface area contributed by atoms with E-state index in [4.69, 9.17) is 23.2 Å². The van der Waals surface area contributed by atoms with E-state index in [2.05, 4.69) is 20.8 Å². The van der Waals surface area contributed by atoms with Crippen LogP contribution in [0.5, 0.6) is 0 Å². The highest BCUT2D eigenvalue weighted by molar-refractivity contribution is 7.90. The van der Waals surface area contributed by atoms with Gasteiger partial charge in [0.15, 0.2) is 5.69 Å². The molecule has 0 aliphatic heterocycles. The maximum absolute atomic E-state index is 12.0. The summed E-state index contributed by atoms with van der Waals surface area (Å²) in [5.41, 5.74) is 4.06. The minimum absolute atomic E-state index is 0.170. The lowest BCUT2D eigenvalue weighted by Crippen LogP contribution is -2.42. The van der Waals surface area contributed by atoms with E-state index in [-0.39, 0.29) is 10.6 Å². The number of carbonyl (C=O) groups is 2. The summed E-state index contributed by atoms with van der Waals surface area (Å²) in [6.07, 6.45) is 1.87. The van der Waals surface area contributed by atoms with Crippen molar-refractivity contribution in [1.82, 2.24) is 20.8 Å². The first-order valence-corrected chi connectivity index (χ1v) is 8.92. The average Bonchev–Trinajstić information content (AvgIpc) is 2.51. The molecule has 24 heavy (non-hydrogen) atoms. The van der Waals surface area contributed by atoms with E-state index in [1.54, 1.807) is 12.1 Å². The minimum Gasteiger partial charge on any atom is -0.267 e. The third kappa shape index (κ3) is 4.40. The number of sulfone groups is 1. The van der Waals surface area contributed by atoms with Crippen LogP contribution in [-0.4, -0.2) is 36.5 Å². The second kappa shape index (κ2) is 7.12. The second-order valence-corrected chi connectivity index (χ2v) is 7.29. The minimum atomic E-state index is -3.72. The van der Waals surface area contributed by atoms with Crippen molar-refractivity contribution in [3.05, 3.63) is 51.8 Å². The zero-order valence-corrected chi connectivity index (χ0v) is 14.4. The molecule has 2 rings (SSSR count). The number of benzene rings is 1. The summed E-state index contributed by atoms with van der Waals surface area (Å²) >= 11 is 11.6. The molecule has 0 atom stereocenters. The quantitative estimate of drug-likeness (QED) is 0.603. The molecule has 0 saturated heterocycles. The lowest BCUT2D eigenvalue weighted by Gasteiger charge is -2.08. The highest BCUT2D eigenvalue weighted by Gasteiger charge is 2.19. The predicted octanol–water partition coefficient (Wildman–Crippen LogP) is 1.26. The van der Waals surface area contributed by atoms with E-state index in [1.165, 1.54) is 12.1 Å². The Morgan fingerprint density at radius 3 is 2.42 bits per heavy atom. The molecular weight excluding hydrogens is 379 g/mol. The summed E-state index contributed by atoms with van der Waals surface area (Å²) < 4.78 is 22.8. The fourth-order valence-corrected chi connectivity index (χ4v) is 2.43. The molecule has 0 spiro atoms. The van der Waals surface area contributed by atoms with Crippen molar-refractivity contribution in [2.24, 2.45) is 0 Å². The Morgan fingerprint density at radius 1 is 1.12 bits per heavy atom. The molecule has 126 valence electrons. The van der Waals surface area contributed by atoms with Gasteiger partial charge in [0.2, 0.25) is 15.0 Å². The number of rotatable bonds is 3. The van der Waals surface area contributed by atoms with E-state index >= 15 is 0 Å². The molecule has 0 saturated carbocycles. The first-order chi connectivity index (χ1) is 11.2. The van der Waals surface area contributed by atoms with E-state index in [1.807, 2.05) is 0 Å². The SMILES string of the molecule is CS(=O)(=O)c1ncc(Cl)c(C(=O)NNC(=O)c2cccc(Cl)c2)n1. The molecule has 1 heterocycles. The lowest BCUT2D eigenvalue weighted by atomic mass is 10.2. The van der Waals surface area contributed by atoms with Crippen LogP contribution in [0, 0.1) is 0 Å². The largest absolute Gasteiger partial charge is 0.290 e. The van der Waals surface area contributed by atoms with Crippen LogP contribution < -0.4 is 10.9 Å². The summed E-state index contributed by atoms with van der Waals surface area (Å²) in [7, 11) is -3.72. The van der Waals surface area contributed by atoms with Crippen molar-refractivity contribution < 1.29 is 18.0 Å². The van der Waals surface area contributed by atoms with Crippen LogP contribution in [0.25, 0.3) is 0 Å². The first-order valence-electron chi connectivity index (χ1n) is 6.27. The second-order valence-electron chi connectivity index (χ2n) is 4.54. The monoisotopic (exact) mass is 388 g/mol. The van der Waals surface area contributed by atoms with Crippen molar-refractivity contribution >= 4 is 44.9 Å². The molecule has 0 bridgehead atoms. The van der Waals surface area contributed by atoms with Gasteiger partial charge in [-0.3, -0.25) is 20.4 Å². The predicted molar refractivity (Wildman–Crippen MR) is 86.5 cm³/mol. The molecule has 0 unspecified atom stereocenters. The number of amides is 2. The zero-order valence-electron chi connectivity index (χ0n) is 12.1. The fourth-order valence-electron chi connectivity index (χ4n) is 1.56. The first kappa shape index (κ1) is 18.1. The van der Waals surface area contributed by atoms with Crippen molar-refractivity contribution in [3.8, 4) is 0 Å². The summed E-state index contributed by atoms with van der Waals surface area (Å²) in [5.74, 6) is -1.53. The van der Waals surface area contributed by atoms with Gasteiger partial charge in [-0.25, -0.2) is 18.4 Å². The van der Waals surface area contributed by atoms with Gasteiger partial charge < -0.3 is 0 Å². The van der Waals surface area contributed by atoms with Crippen LogP contribution in [0.3, 0.4) is 0 Å². The molecule has 11 heteroatoms. The Hall–Kier alpha value is -2.23. The average molecular weight is 389 g/mol. The van der Waals surface area contributed by atoms with Gasteiger partial charge in [0.25, 0.3) is 11.8 Å². The van der Waals surface area contributed by atoms with Crippen molar-refractivity contribution in [2.45, 2.75) is 5.16 Å². The van der Waals surface area contributed by atoms with Gasteiger partial charge >= 0.3 is 0 Å². The molecule has 0 aliphatic rings. The van der Waals surface area contributed by atoms with Gasteiger partial charge in [0, 0.05) is 16.8 Å². The van der Waals surface area contributed by atoms with Crippen molar-refractivity contribution in [3.63, 3.8) is 0 Å². The van der Waals surface area contributed by atoms with Gasteiger partial charge in [-0.2, -0.15) is 0 Å². The maximum atomic E-state index is 12.0. The number of nitrogens with zero attached hydrogens (tertiary/aromatic N) is 2. The maximum Gasteiger partial charge on any atom is 0.290 e. The van der Waals surface area contributed by atoms with Crippen LogP contribution in [-0.2, 0) is 9.84 Å². The summed E-state index contributed by atoms with van der Waals surface area (Å²) in [5, 5.41) is -0.374. The molecule has 2 amide bonds. The highest BCUT2D eigenvalue weighted by Crippen LogP contribution is 2.14. The summed E-state index contributed by atoms with van der Waals surface area (Å²) in [4.78, 5) is 31.0. The summed E-state index contributed by atoms with van der Waals surface area (Å²) in [6, 6.07) is 6.05. The van der Waals surface area contributed by atoms with E-state index in [0.717, 1.165) is 12.5 Å². The molecule has 2 aromatic rings. The Balaban J connectivity index is 2.14. The van der Waals surface area contributed by atoms with Crippen LogP contribution in [0.1, 0.15) is 20.8 Å². The standard InChI is InChI=1S/C13H10Cl2N4O4S/c1-24(22,23)13-16-6-9(15)10(17-13)12(21)19-18-11(20)7-3-2-4-8(14)5-7/h2-6H,1H3,(H,18,20)(H,19,21). The summed E-state index contributed by atoms with van der Waals surface area (Å²) in [6.45, 7) is 0. The van der Waals surface area contributed by atoms with Gasteiger partial charge in [0.1, 0.15) is 0 Å². The van der Waals surface area contributed by atoms with Gasteiger partial charge in [-0.15, -0.1) is 0 Å². The number of aromatic nitrogens is 2. The molecule has 8 nitrogen and oxygen atoms in total. The number of carbonyl (C=O) groups excluding carboxylic acids is 2. The molecule has 0 fully saturated rings. The van der Waals surface area contributed by atoms with E-state index in [9.17, 15) is 18.0 Å². The molecular formula is C13H10Cl2N4O4S. The number of hydrogen-bond acceptors (Lipinski definition) is 6. The topological polar surface area (TPSA) is 118 Å². The van der Waals surface area contributed by atoms with E-state index in [0.29, 0.717) is 5.02 Å². The fraction of sp³-hybridized carbons (Fsp3) is 0.0769. The van der Waals surface area contributed by atoms with Crippen molar-refractivity contribution in [2.75, 3.05) is 6.26 Å². The molecule has 1 aromatic carbocycles. The number of hydrogen-bond donors (Lipinski definition) is 2. The smallest absolute Gasteiger partial charge is 0.267 e. The number of nitrogens with one attached hydrogen (secondary N) is 2. The molecule has 1 aromatic heterocycles. The highest BCUT2D eigenvalue weighted by atomic mass is 35.5. The Kier molecular flexibility index (Phi) is 5.37. The Bertz CT molecular complexity index is 918. The zero-order chi connectivity index (χ0) is 17.9. The van der Waals surface area contributed by atoms with Crippen LogP contribution in [0.15, 0.2) is 35.6 Å². The number of hydrazine groups is 1. The lowest BCUT2D eigenvalue weighted by molar-refractivity contribution is 0.0843. The number of halogens is 2.